The van der Waals surface area contributed by atoms with Crippen molar-refractivity contribution in [2.24, 2.45) is 5.73 Å². The molecule has 1 heterocycles. The first-order chi connectivity index (χ1) is 4.75. The van der Waals surface area contributed by atoms with E-state index < -0.39 is 0 Å². The molecular weight excluding hydrogens is 160 g/mol. The predicted molar refractivity (Wildman–Crippen MR) is 51.2 cm³/mol. The molecule has 1 atom stereocenters. The maximum absolute atomic E-state index is 5.62. The minimum atomic E-state index is 0. The van der Waals surface area contributed by atoms with Crippen LogP contribution in [0.25, 0.3) is 0 Å². The minimum absolute atomic E-state index is 0. The molecule has 0 spiro atoms. The van der Waals surface area contributed by atoms with Crippen LogP contribution in [0.5, 0.6) is 0 Å². The molecule has 0 aromatic rings. The standard InChI is InChI=1S/C8H18N2.ClH/c1-7(2)10-5-3-4-8(10)6-9;/h7-8H,3-6,9H2,1-2H3;1H/t8-;/m0./s1. The Morgan fingerprint density at radius 1 is 1.55 bits per heavy atom. The Labute approximate surface area is 75.5 Å². The summed E-state index contributed by atoms with van der Waals surface area (Å²) in [4.78, 5) is 2.50. The fraction of sp³-hybridized carbons (Fsp3) is 1.00. The second kappa shape index (κ2) is 4.96. The first-order valence-corrected chi connectivity index (χ1v) is 4.21. The SMILES string of the molecule is CC(C)N1CCC[C@H]1CN.Cl. The lowest BCUT2D eigenvalue weighted by molar-refractivity contribution is 0.208. The molecule has 68 valence electrons. The topological polar surface area (TPSA) is 29.3 Å². The van der Waals surface area contributed by atoms with E-state index in [1.54, 1.807) is 0 Å². The van der Waals surface area contributed by atoms with Crippen molar-refractivity contribution in [3.05, 3.63) is 0 Å². The summed E-state index contributed by atoms with van der Waals surface area (Å²) in [5.41, 5.74) is 5.62. The Hall–Kier alpha value is 0.210. The third-order valence-corrected chi connectivity index (χ3v) is 2.36. The zero-order valence-corrected chi connectivity index (χ0v) is 8.23. The van der Waals surface area contributed by atoms with Gasteiger partial charge in [-0.2, -0.15) is 0 Å². The molecule has 3 heteroatoms. The molecule has 0 bridgehead atoms. The lowest BCUT2D eigenvalue weighted by atomic mass is 10.2. The molecule has 0 amide bonds. The minimum Gasteiger partial charge on any atom is -0.329 e. The van der Waals surface area contributed by atoms with Gasteiger partial charge in [0.1, 0.15) is 0 Å². The largest absolute Gasteiger partial charge is 0.329 e. The van der Waals surface area contributed by atoms with Gasteiger partial charge in [-0.3, -0.25) is 4.90 Å². The predicted octanol–water partition coefficient (Wildman–Crippen LogP) is 1.24. The van der Waals surface area contributed by atoms with Gasteiger partial charge in [0.15, 0.2) is 0 Å². The fourth-order valence-corrected chi connectivity index (χ4v) is 1.79. The van der Waals surface area contributed by atoms with Crippen LogP contribution in [0.3, 0.4) is 0 Å². The van der Waals surface area contributed by atoms with Gasteiger partial charge in [0, 0.05) is 18.6 Å². The first kappa shape index (κ1) is 11.2. The van der Waals surface area contributed by atoms with Crippen molar-refractivity contribution in [2.45, 2.75) is 38.8 Å². The number of hydrogen-bond donors (Lipinski definition) is 1. The summed E-state index contributed by atoms with van der Waals surface area (Å²) in [5.74, 6) is 0. The van der Waals surface area contributed by atoms with Crippen molar-refractivity contribution in [1.29, 1.82) is 0 Å². The summed E-state index contributed by atoms with van der Waals surface area (Å²) in [7, 11) is 0. The zero-order valence-electron chi connectivity index (χ0n) is 7.42. The molecule has 0 unspecified atom stereocenters. The average molecular weight is 179 g/mol. The van der Waals surface area contributed by atoms with Gasteiger partial charge in [-0.15, -0.1) is 12.4 Å². The molecule has 1 fully saturated rings. The van der Waals surface area contributed by atoms with Gasteiger partial charge in [0.2, 0.25) is 0 Å². The van der Waals surface area contributed by atoms with Crippen LogP contribution in [0, 0.1) is 0 Å². The molecule has 0 aliphatic carbocycles. The Morgan fingerprint density at radius 3 is 2.55 bits per heavy atom. The highest BCUT2D eigenvalue weighted by molar-refractivity contribution is 5.85. The highest BCUT2D eigenvalue weighted by Crippen LogP contribution is 2.18. The van der Waals surface area contributed by atoms with Crippen molar-refractivity contribution in [2.75, 3.05) is 13.1 Å². The highest BCUT2D eigenvalue weighted by atomic mass is 35.5. The quantitative estimate of drug-likeness (QED) is 0.690. The summed E-state index contributed by atoms with van der Waals surface area (Å²) in [6.45, 7) is 6.57. The Balaban J connectivity index is 0.000001000. The van der Waals surface area contributed by atoms with Crippen molar-refractivity contribution in [3.63, 3.8) is 0 Å². The van der Waals surface area contributed by atoms with Gasteiger partial charge in [0.05, 0.1) is 0 Å². The normalized spacial score (nSPS) is 25.6. The maximum Gasteiger partial charge on any atom is 0.0221 e. The number of halogens is 1. The monoisotopic (exact) mass is 178 g/mol. The number of hydrogen-bond acceptors (Lipinski definition) is 2. The van der Waals surface area contributed by atoms with E-state index in [9.17, 15) is 0 Å². The van der Waals surface area contributed by atoms with E-state index in [4.69, 9.17) is 5.73 Å². The van der Waals surface area contributed by atoms with Gasteiger partial charge in [-0.05, 0) is 33.2 Å². The third kappa shape index (κ3) is 2.62. The lowest BCUT2D eigenvalue weighted by Gasteiger charge is -2.26. The summed E-state index contributed by atoms with van der Waals surface area (Å²) in [5, 5.41) is 0. The van der Waals surface area contributed by atoms with Crippen LogP contribution in [0.2, 0.25) is 0 Å². The molecule has 1 rings (SSSR count). The van der Waals surface area contributed by atoms with Crippen LogP contribution in [-0.2, 0) is 0 Å². The Kier molecular flexibility index (Phi) is 5.06. The van der Waals surface area contributed by atoms with Crippen LogP contribution in [-0.4, -0.2) is 30.1 Å². The van der Waals surface area contributed by atoms with Gasteiger partial charge < -0.3 is 5.73 Å². The van der Waals surface area contributed by atoms with Gasteiger partial charge >= 0.3 is 0 Å². The van der Waals surface area contributed by atoms with Crippen molar-refractivity contribution < 1.29 is 0 Å². The molecule has 2 N–H and O–H groups in total. The van der Waals surface area contributed by atoms with Gasteiger partial charge in [0.25, 0.3) is 0 Å². The first-order valence-electron chi connectivity index (χ1n) is 4.21. The molecule has 0 saturated carbocycles. The number of rotatable bonds is 2. The lowest BCUT2D eigenvalue weighted by Crippen LogP contribution is -2.39. The van der Waals surface area contributed by atoms with E-state index in [1.165, 1.54) is 19.4 Å². The van der Waals surface area contributed by atoms with Crippen molar-refractivity contribution in [3.8, 4) is 0 Å². The Morgan fingerprint density at radius 2 is 2.18 bits per heavy atom. The van der Waals surface area contributed by atoms with Gasteiger partial charge in [-0.1, -0.05) is 0 Å². The number of nitrogens with zero attached hydrogens (tertiary/aromatic N) is 1. The summed E-state index contributed by atoms with van der Waals surface area (Å²) < 4.78 is 0. The van der Waals surface area contributed by atoms with E-state index >= 15 is 0 Å². The van der Waals surface area contributed by atoms with Crippen LogP contribution in [0.15, 0.2) is 0 Å². The second-order valence-corrected chi connectivity index (χ2v) is 3.36. The van der Waals surface area contributed by atoms with E-state index in [2.05, 4.69) is 18.7 Å². The molecule has 1 aliphatic heterocycles. The zero-order chi connectivity index (χ0) is 7.56. The van der Waals surface area contributed by atoms with Crippen LogP contribution in [0.1, 0.15) is 26.7 Å². The summed E-state index contributed by atoms with van der Waals surface area (Å²) in [6, 6.07) is 1.34. The van der Waals surface area contributed by atoms with Gasteiger partial charge in [-0.25, -0.2) is 0 Å². The highest BCUT2D eigenvalue weighted by Gasteiger charge is 2.24. The molecular formula is C8H19ClN2. The van der Waals surface area contributed by atoms with E-state index in [1.807, 2.05) is 0 Å². The molecule has 1 saturated heterocycles. The molecule has 2 nitrogen and oxygen atoms in total. The van der Waals surface area contributed by atoms with E-state index in [0.29, 0.717) is 12.1 Å². The molecule has 0 radical (unpaired) electrons. The second-order valence-electron chi connectivity index (χ2n) is 3.36. The fourth-order valence-electron chi connectivity index (χ4n) is 1.79. The summed E-state index contributed by atoms with van der Waals surface area (Å²) >= 11 is 0. The van der Waals surface area contributed by atoms with E-state index in [-0.39, 0.29) is 12.4 Å². The van der Waals surface area contributed by atoms with Crippen LogP contribution >= 0.6 is 12.4 Å². The van der Waals surface area contributed by atoms with Crippen molar-refractivity contribution in [1.82, 2.24) is 4.90 Å². The third-order valence-electron chi connectivity index (χ3n) is 2.36. The number of likely N-dealkylation sites (tertiary alicyclic amines) is 1. The molecule has 11 heavy (non-hydrogen) atoms. The Bertz CT molecular complexity index is 106. The molecule has 0 aromatic heterocycles. The van der Waals surface area contributed by atoms with Crippen LogP contribution < -0.4 is 5.73 Å². The number of nitrogens with two attached hydrogens (primary N) is 1. The molecule has 1 aliphatic rings. The maximum atomic E-state index is 5.62. The van der Waals surface area contributed by atoms with E-state index in [0.717, 1.165) is 6.54 Å². The average Bonchev–Trinajstić information content (AvgIpc) is 2.33. The molecule has 0 aromatic carbocycles. The van der Waals surface area contributed by atoms with Crippen molar-refractivity contribution >= 4 is 12.4 Å². The van der Waals surface area contributed by atoms with Crippen LogP contribution in [0.4, 0.5) is 0 Å². The smallest absolute Gasteiger partial charge is 0.0221 e. The summed E-state index contributed by atoms with van der Waals surface area (Å²) in [6.07, 6.45) is 2.63.